The highest BCUT2D eigenvalue weighted by atomic mass is 32.2. The van der Waals surface area contributed by atoms with Gasteiger partial charge in [-0.15, -0.1) is 61.2 Å². The lowest BCUT2D eigenvalue weighted by atomic mass is 10.0. The van der Waals surface area contributed by atoms with Gasteiger partial charge in [0.2, 0.25) is 54.4 Å². The van der Waals surface area contributed by atoms with E-state index in [1.165, 1.54) is 87.3 Å². The molecule has 0 bridgehead atoms. The summed E-state index contributed by atoms with van der Waals surface area (Å²) in [5, 5.41) is 79.4. The highest BCUT2D eigenvalue weighted by molar-refractivity contribution is 7.99. The van der Waals surface area contributed by atoms with Gasteiger partial charge in [0.05, 0.1) is 6.42 Å². The summed E-state index contributed by atoms with van der Waals surface area (Å²) in [5.41, 5.74) is 15.2. The molecular weight excluding hydrogens is 1800 g/mol. The third kappa shape index (κ3) is 32.3. The molecule has 680 valence electrons. The van der Waals surface area contributed by atoms with Crippen molar-refractivity contribution in [1.82, 2.24) is 85.7 Å². The van der Waals surface area contributed by atoms with E-state index in [1.807, 2.05) is 196 Å². The summed E-state index contributed by atoms with van der Waals surface area (Å²) in [6.45, 7) is 13.0. The molecule has 5 amide bonds. The topological polar surface area (TPSA) is 403 Å². The van der Waals surface area contributed by atoms with Crippen molar-refractivity contribution in [2.75, 3.05) is 133 Å². The number of carboxylic acids is 1. The van der Waals surface area contributed by atoms with E-state index in [9.17, 15) is 33.9 Å². The van der Waals surface area contributed by atoms with Gasteiger partial charge >= 0.3 is 12.1 Å². The van der Waals surface area contributed by atoms with Crippen molar-refractivity contribution in [1.29, 1.82) is 0 Å². The number of thioether (sulfide) groups is 3. The molecule has 0 aliphatic carbocycles. The molecule has 4 atom stereocenters. The fraction of sp³-hybridized carbons (Fsp3) is 0.455. The largest absolute Gasteiger partial charge is 0.480 e. The van der Waals surface area contributed by atoms with Gasteiger partial charge in [0.15, 0.2) is 0 Å². The second-order valence-corrected chi connectivity index (χ2v) is 41.6. The number of aryl methyl sites for hydroxylation is 6. The van der Waals surface area contributed by atoms with Crippen LogP contribution in [0.2, 0.25) is 0 Å². The number of aliphatic carboxylic acids is 1. The number of hydrogen-bond acceptors (Lipinski definition) is 34. The first kappa shape index (κ1) is 97.6. The number of aromatic nitrogens is 12. The maximum absolute atomic E-state index is 13.7. The normalized spacial score (nSPS) is 15.5. The molecule has 31 nitrogen and oxygen atoms in total. The van der Waals surface area contributed by atoms with Crippen LogP contribution in [0.3, 0.4) is 0 Å². The number of ether oxygens (including phenoxy) is 1. The molecule has 4 unspecified atom stereocenters. The Morgan fingerprint density at radius 1 is 0.359 bits per heavy atom. The van der Waals surface area contributed by atoms with Gasteiger partial charge in [-0.05, 0) is 161 Å². The van der Waals surface area contributed by atoms with Gasteiger partial charge in [-0.3, -0.25) is 59.5 Å². The molecule has 9 N–H and O–H groups in total. The number of carbonyl (C=O) groups is 6. The molecule has 4 fully saturated rings. The first-order valence-corrected chi connectivity index (χ1v) is 51.5. The lowest BCUT2D eigenvalue weighted by Crippen LogP contribution is -2.52. The average Bonchev–Trinajstić information content (AvgIpc) is 1.30. The van der Waals surface area contributed by atoms with Crippen LogP contribution in [-0.2, 0) is 73.7 Å². The molecule has 0 saturated carbocycles. The number of nitrogen functional groups attached to an aromatic ring is 2. The van der Waals surface area contributed by atoms with E-state index < -0.39 is 23.7 Å². The molecule has 40 heteroatoms. The van der Waals surface area contributed by atoms with Gasteiger partial charge in [0.25, 0.3) is 0 Å². The van der Waals surface area contributed by atoms with E-state index in [2.05, 4.69) is 102 Å². The van der Waals surface area contributed by atoms with Gasteiger partial charge in [-0.2, -0.15) is 35.3 Å². The number of nitrogens with two attached hydrogens (primary N) is 2. The van der Waals surface area contributed by atoms with Gasteiger partial charge in [0, 0.05) is 64.7 Å². The summed E-state index contributed by atoms with van der Waals surface area (Å²) in [5.74, 6) is 4.37. The van der Waals surface area contributed by atoms with Crippen molar-refractivity contribution in [2.24, 2.45) is 0 Å². The molecule has 15 rings (SSSR count). The van der Waals surface area contributed by atoms with Crippen LogP contribution in [0, 0.1) is 0 Å². The molecule has 10 heterocycles. The number of anilines is 6. The third-order valence-electron chi connectivity index (χ3n) is 20.8. The molecule has 4 saturated heterocycles. The summed E-state index contributed by atoms with van der Waals surface area (Å²) in [4.78, 5) is 87.2. The van der Waals surface area contributed by atoms with Crippen LogP contribution >= 0.6 is 103 Å². The zero-order valence-corrected chi connectivity index (χ0v) is 79.5. The van der Waals surface area contributed by atoms with Crippen LogP contribution in [0.1, 0.15) is 161 Å². The van der Waals surface area contributed by atoms with Crippen molar-refractivity contribution >= 4 is 170 Å². The molecule has 4 aliphatic rings. The SMILES string of the molecule is CC(C)(C)OC(=O)N1CCN(C(C(=O)Nc2nnc(CCSCCc3nnc(NC(=O)C(c4ccccc4)N4CCCCC4)s3)s2)c2ccccc2)CC1.Nc1nnc(CCSCCc2nnc(N)s2)s1.O=C(Cc1ccccc1)Nc1nnc(CCSCCc2nnc(NC(=O)C(c3ccccc3)N3CCCCC3)s2)s1.O=C(O)C(c1ccccc1)N1CCCCC1. The first-order valence-electron chi connectivity index (χ1n) is 43.1. The number of likely N-dealkylation sites (tertiary alicyclic amines) is 3. The molecule has 6 aromatic heterocycles. The molecular formula is C88H111N23O8S9. The summed E-state index contributed by atoms with van der Waals surface area (Å²) < 4.78 is 5.55. The molecule has 0 spiro atoms. The Hall–Kier alpha value is -9.43. The van der Waals surface area contributed by atoms with E-state index in [0.29, 0.717) is 63.4 Å². The second kappa shape index (κ2) is 51.8. The monoisotopic (exact) mass is 1910 g/mol. The van der Waals surface area contributed by atoms with E-state index in [4.69, 9.17) is 16.2 Å². The molecule has 11 aromatic rings. The quantitative estimate of drug-likeness (QED) is 0.0179. The number of piperazine rings is 1. The zero-order valence-electron chi connectivity index (χ0n) is 72.1. The lowest BCUT2D eigenvalue weighted by molar-refractivity contribution is -0.144. The fourth-order valence-corrected chi connectivity index (χ4v) is 22.4. The minimum atomic E-state index is -0.742. The number of nitrogens with one attached hydrogen (secondary N) is 4. The standard InChI is InChI=1S/C38H49N9O4S3.C29H33N7O2S3.C13H17NO2.C8H12N6S3/c1-38(2,3)51-37(50)47-23-21-46(22-24-47)32(28-15-9-5-10-16-28)34(49)40-36-44-42-30(54-36)18-26-52-25-17-29-41-43-35(53-29)39-33(48)31(27-13-7-4-8-14-27)45-19-11-6-12-20-45;37-23(20-21-10-4-1-5-11-21)30-28-34-32-24(40-28)14-18-39-19-15-25-33-35-29(41-25)31-27(38)26(22-12-6-2-7-13-22)36-16-8-3-9-17-36;15-13(16)12(11-7-3-1-4-8-11)14-9-5-2-6-10-14;9-7-13-11-5(16-7)1-3-15-4-2-6-12-14-8(10)17-6/h4-5,7-10,13-16,31-32H,6,11-12,17-26H2,1-3H3,(H,39,43,48)(H,40,44,49);1-2,4-7,10-13,26H,3,8-9,14-20H2,(H,30,34,37)(H,31,35,38);1,3-4,7-8,12H,2,5-6,9-10H2,(H,15,16);1-4H2,(H2,9,13)(H2,10,14). The number of benzene rings is 5. The molecule has 5 aromatic carbocycles. The van der Waals surface area contributed by atoms with Gasteiger partial charge in [-0.1, -0.05) is 239 Å². The van der Waals surface area contributed by atoms with E-state index in [1.54, 1.807) is 16.7 Å². The van der Waals surface area contributed by atoms with Crippen molar-refractivity contribution in [2.45, 2.75) is 153 Å². The van der Waals surface area contributed by atoms with Crippen molar-refractivity contribution in [3.8, 4) is 0 Å². The zero-order chi connectivity index (χ0) is 89.7. The number of hydrogen-bond donors (Lipinski definition) is 7. The van der Waals surface area contributed by atoms with Crippen LogP contribution in [0.25, 0.3) is 0 Å². The van der Waals surface area contributed by atoms with Crippen LogP contribution in [0.5, 0.6) is 0 Å². The van der Waals surface area contributed by atoms with Gasteiger partial charge in [0.1, 0.15) is 59.8 Å². The maximum Gasteiger partial charge on any atom is 0.410 e. The fourth-order valence-electron chi connectivity index (χ4n) is 14.7. The number of amides is 5. The molecule has 4 aliphatic heterocycles. The Kier molecular flexibility index (Phi) is 39.5. The summed E-state index contributed by atoms with van der Waals surface area (Å²) in [6.07, 6.45) is 15.1. The number of carbonyl (C=O) groups excluding carboxylic acids is 5. The highest BCUT2D eigenvalue weighted by Crippen LogP contribution is 2.33. The van der Waals surface area contributed by atoms with Gasteiger partial charge < -0.3 is 31.5 Å². The lowest BCUT2D eigenvalue weighted by Gasteiger charge is -2.39. The summed E-state index contributed by atoms with van der Waals surface area (Å²) >= 11 is 14.0. The Balaban J connectivity index is 0.000000174. The summed E-state index contributed by atoms with van der Waals surface area (Å²) in [7, 11) is 0. The Morgan fingerprint density at radius 3 is 0.930 bits per heavy atom. The average molecular weight is 1910 g/mol. The number of carboxylic acid groups (broad SMARTS) is 1. The van der Waals surface area contributed by atoms with Crippen LogP contribution in [-0.4, -0.2) is 232 Å². The minimum Gasteiger partial charge on any atom is -0.480 e. The predicted molar refractivity (Wildman–Crippen MR) is 517 cm³/mol. The molecule has 0 radical (unpaired) electrons. The number of rotatable bonds is 36. The van der Waals surface area contributed by atoms with Crippen molar-refractivity contribution < 1.29 is 38.6 Å². The van der Waals surface area contributed by atoms with Crippen LogP contribution in [0.4, 0.5) is 35.6 Å². The third-order valence-corrected chi connectivity index (χ3v) is 29.0. The van der Waals surface area contributed by atoms with Crippen molar-refractivity contribution in [3.05, 3.63) is 210 Å². The predicted octanol–water partition coefficient (Wildman–Crippen LogP) is 14.9. The Bertz CT molecular complexity index is 5120. The number of piperidine rings is 3. The van der Waals surface area contributed by atoms with Gasteiger partial charge in [-0.25, -0.2) is 4.79 Å². The minimum absolute atomic E-state index is 0.0529. The van der Waals surface area contributed by atoms with E-state index in [-0.39, 0.29) is 41.8 Å². The Morgan fingerprint density at radius 2 is 0.633 bits per heavy atom. The van der Waals surface area contributed by atoms with Crippen LogP contribution in [0.15, 0.2) is 152 Å². The van der Waals surface area contributed by atoms with Crippen LogP contribution < -0.4 is 32.7 Å². The smallest absolute Gasteiger partial charge is 0.410 e. The Labute approximate surface area is 783 Å². The van der Waals surface area contributed by atoms with Crippen molar-refractivity contribution in [3.63, 3.8) is 0 Å². The number of nitrogens with zero attached hydrogens (tertiary/aromatic N) is 17. The first-order chi connectivity index (χ1) is 62.3. The van der Waals surface area contributed by atoms with E-state index >= 15 is 0 Å². The summed E-state index contributed by atoms with van der Waals surface area (Å²) in [6, 6.07) is 47.1. The maximum atomic E-state index is 13.7. The highest BCUT2D eigenvalue weighted by Gasteiger charge is 2.36. The molecule has 128 heavy (non-hydrogen) atoms. The second-order valence-electron chi connectivity index (χ2n) is 31.5. The van der Waals surface area contributed by atoms with E-state index in [0.717, 1.165) is 209 Å².